The van der Waals surface area contributed by atoms with E-state index in [4.69, 9.17) is 0 Å². The molecule has 0 N–H and O–H groups in total. The van der Waals surface area contributed by atoms with Crippen molar-refractivity contribution in [3.05, 3.63) is 95.8 Å². The Morgan fingerprint density at radius 1 is 0.741 bits per heavy atom. The van der Waals surface area contributed by atoms with E-state index in [1.807, 2.05) is 80.6 Å². The van der Waals surface area contributed by atoms with Gasteiger partial charge in [0, 0.05) is 18.0 Å². The second kappa shape index (κ2) is 7.00. The predicted octanol–water partition coefficient (Wildman–Crippen LogP) is 5.23. The van der Waals surface area contributed by atoms with Crippen molar-refractivity contribution in [2.75, 3.05) is 4.90 Å². The van der Waals surface area contributed by atoms with Crippen molar-refractivity contribution in [2.45, 2.75) is 13.8 Å². The average Bonchev–Trinajstić information content (AvgIpc) is 2.70. The van der Waals surface area contributed by atoms with Gasteiger partial charge in [0.1, 0.15) is 11.6 Å². The highest BCUT2D eigenvalue weighted by Crippen LogP contribution is 2.31. The number of benzene rings is 2. The maximum absolute atomic E-state index is 13.7. The van der Waals surface area contributed by atoms with Gasteiger partial charge in [-0.05, 0) is 53.9 Å². The van der Waals surface area contributed by atoms with Gasteiger partial charge in [0.15, 0.2) is 0 Å². The van der Waals surface area contributed by atoms with Gasteiger partial charge in [0.2, 0.25) is 0 Å². The molecule has 1 amide bonds. The Kier molecular flexibility index (Phi) is 4.38. The summed E-state index contributed by atoms with van der Waals surface area (Å²) in [6.45, 7) is 3.90. The summed E-state index contributed by atoms with van der Waals surface area (Å²) in [6.07, 6.45) is 3.40. The van der Waals surface area contributed by atoms with Crippen LogP contribution in [0.1, 0.15) is 21.5 Å². The number of pyridine rings is 2. The van der Waals surface area contributed by atoms with Crippen LogP contribution >= 0.6 is 0 Å². The van der Waals surface area contributed by atoms with Crippen LogP contribution in [0.15, 0.2) is 79.1 Å². The van der Waals surface area contributed by atoms with Gasteiger partial charge in [-0.3, -0.25) is 4.79 Å². The number of carbonyl (C=O) groups excluding carboxylic acids is 1. The molecular weight excluding hydrogens is 334 g/mol. The van der Waals surface area contributed by atoms with Crippen LogP contribution < -0.4 is 4.90 Å². The summed E-state index contributed by atoms with van der Waals surface area (Å²) in [5, 5.41) is 1.94. The van der Waals surface area contributed by atoms with E-state index in [1.54, 1.807) is 17.3 Å². The van der Waals surface area contributed by atoms with E-state index in [9.17, 15) is 4.79 Å². The highest BCUT2D eigenvalue weighted by molar-refractivity contribution is 6.17. The zero-order chi connectivity index (χ0) is 18.8. The Labute approximate surface area is 158 Å². The molecule has 0 atom stereocenters. The molecule has 2 heterocycles. The molecular formula is C23H19N3O. The van der Waals surface area contributed by atoms with Crippen molar-refractivity contribution in [1.82, 2.24) is 9.97 Å². The molecule has 0 saturated heterocycles. The van der Waals surface area contributed by atoms with Gasteiger partial charge in [0.05, 0.1) is 0 Å². The summed E-state index contributed by atoms with van der Waals surface area (Å²) in [6, 6.07) is 21.3. The Morgan fingerprint density at radius 3 is 1.96 bits per heavy atom. The normalized spacial score (nSPS) is 10.7. The van der Waals surface area contributed by atoms with Gasteiger partial charge >= 0.3 is 0 Å². The number of aryl methyl sites for hydroxylation is 2. The van der Waals surface area contributed by atoms with Crippen LogP contribution in [0.3, 0.4) is 0 Å². The first kappa shape index (κ1) is 16.9. The van der Waals surface area contributed by atoms with Gasteiger partial charge in [-0.1, -0.05) is 48.5 Å². The third kappa shape index (κ3) is 3.06. The summed E-state index contributed by atoms with van der Waals surface area (Å²) in [5.41, 5.74) is 2.45. The summed E-state index contributed by atoms with van der Waals surface area (Å²) in [7, 11) is 0. The van der Waals surface area contributed by atoms with E-state index in [0.717, 1.165) is 21.9 Å². The summed E-state index contributed by atoms with van der Waals surface area (Å²) < 4.78 is 0. The SMILES string of the molecule is Cc1cccnc1N(C(=O)c1cccc2ccccc12)c1ncccc1C. The molecule has 2 aromatic heterocycles. The summed E-state index contributed by atoms with van der Waals surface area (Å²) in [4.78, 5) is 24.3. The molecule has 0 saturated carbocycles. The first-order valence-corrected chi connectivity index (χ1v) is 8.82. The fourth-order valence-electron chi connectivity index (χ4n) is 3.25. The molecule has 4 nitrogen and oxygen atoms in total. The molecule has 4 heteroatoms. The van der Waals surface area contributed by atoms with Crippen LogP contribution in [0.25, 0.3) is 10.8 Å². The van der Waals surface area contributed by atoms with Gasteiger partial charge in [0.25, 0.3) is 5.91 Å². The molecule has 0 aliphatic heterocycles. The average molecular weight is 353 g/mol. The van der Waals surface area contributed by atoms with Crippen molar-refractivity contribution < 1.29 is 4.79 Å². The third-order valence-corrected chi connectivity index (χ3v) is 4.61. The van der Waals surface area contributed by atoms with Crippen LogP contribution in [0.5, 0.6) is 0 Å². The lowest BCUT2D eigenvalue weighted by Crippen LogP contribution is -2.29. The topological polar surface area (TPSA) is 46.1 Å². The molecule has 0 unspecified atom stereocenters. The maximum Gasteiger partial charge on any atom is 0.265 e. The van der Waals surface area contributed by atoms with Crippen LogP contribution in [0.2, 0.25) is 0 Å². The molecule has 4 rings (SSSR count). The van der Waals surface area contributed by atoms with E-state index in [-0.39, 0.29) is 5.91 Å². The van der Waals surface area contributed by atoms with E-state index in [0.29, 0.717) is 17.2 Å². The summed E-state index contributed by atoms with van der Waals surface area (Å²) >= 11 is 0. The maximum atomic E-state index is 13.7. The predicted molar refractivity (Wildman–Crippen MR) is 108 cm³/mol. The zero-order valence-corrected chi connectivity index (χ0v) is 15.3. The third-order valence-electron chi connectivity index (χ3n) is 4.61. The highest BCUT2D eigenvalue weighted by Gasteiger charge is 2.26. The molecule has 132 valence electrons. The van der Waals surface area contributed by atoms with E-state index < -0.39 is 0 Å². The van der Waals surface area contributed by atoms with Gasteiger partial charge in [-0.25, -0.2) is 14.9 Å². The second-order valence-corrected chi connectivity index (χ2v) is 6.46. The first-order chi connectivity index (χ1) is 13.2. The Hall–Kier alpha value is -3.53. The fraction of sp³-hybridized carbons (Fsp3) is 0.0870. The second-order valence-electron chi connectivity index (χ2n) is 6.46. The van der Waals surface area contributed by atoms with Gasteiger partial charge < -0.3 is 0 Å². The van der Waals surface area contributed by atoms with Crippen LogP contribution in [0, 0.1) is 13.8 Å². The number of hydrogen-bond donors (Lipinski definition) is 0. The number of carbonyl (C=O) groups is 1. The van der Waals surface area contributed by atoms with Crippen molar-refractivity contribution in [1.29, 1.82) is 0 Å². The molecule has 0 aliphatic carbocycles. The largest absolute Gasteiger partial charge is 0.268 e. The van der Waals surface area contributed by atoms with Crippen molar-refractivity contribution in [2.24, 2.45) is 0 Å². The van der Waals surface area contributed by atoms with Crippen molar-refractivity contribution in [3.63, 3.8) is 0 Å². The summed E-state index contributed by atoms with van der Waals surface area (Å²) in [5.74, 6) is 1.05. The number of aromatic nitrogens is 2. The smallest absolute Gasteiger partial charge is 0.265 e. The number of anilines is 2. The van der Waals surface area contributed by atoms with Crippen LogP contribution in [0.4, 0.5) is 11.6 Å². The van der Waals surface area contributed by atoms with Crippen LogP contribution in [-0.2, 0) is 0 Å². The zero-order valence-electron chi connectivity index (χ0n) is 15.3. The number of hydrogen-bond acceptors (Lipinski definition) is 3. The number of nitrogens with zero attached hydrogens (tertiary/aromatic N) is 3. The lowest BCUT2D eigenvalue weighted by Gasteiger charge is -2.24. The van der Waals surface area contributed by atoms with E-state index in [1.165, 1.54) is 0 Å². The highest BCUT2D eigenvalue weighted by atomic mass is 16.2. The minimum absolute atomic E-state index is 0.143. The van der Waals surface area contributed by atoms with Gasteiger partial charge in [-0.15, -0.1) is 0 Å². The molecule has 2 aromatic carbocycles. The fourth-order valence-corrected chi connectivity index (χ4v) is 3.25. The number of rotatable bonds is 3. The lowest BCUT2D eigenvalue weighted by atomic mass is 10.0. The molecule has 0 spiro atoms. The quantitative estimate of drug-likeness (QED) is 0.507. The number of fused-ring (bicyclic) bond motifs is 1. The van der Waals surface area contributed by atoms with E-state index >= 15 is 0 Å². The minimum atomic E-state index is -0.143. The monoisotopic (exact) mass is 353 g/mol. The molecule has 4 aromatic rings. The molecule has 27 heavy (non-hydrogen) atoms. The Balaban J connectivity index is 1.95. The minimum Gasteiger partial charge on any atom is -0.268 e. The van der Waals surface area contributed by atoms with Gasteiger partial charge in [-0.2, -0.15) is 0 Å². The standard InChI is InChI=1S/C23H19N3O/c1-16-8-6-14-24-21(16)26(22-17(2)9-7-15-25-22)23(27)20-13-5-11-18-10-3-4-12-19(18)20/h3-15H,1-2H3. The Bertz CT molecular complexity index is 1090. The molecule has 0 radical (unpaired) electrons. The number of amides is 1. The van der Waals surface area contributed by atoms with Crippen molar-refractivity contribution in [3.8, 4) is 0 Å². The molecule has 0 aliphatic rings. The van der Waals surface area contributed by atoms with E-state index in [2.05, 4.69) is 9.97 Å². The Morgan fingerprint density at radius 2 is 1.33 bits per heavy atom. The molecule has 0 fully saturated rings. The van der Waals surface area contributed by atoms with Crippen molar-refractivity contribution >= 4 is 28.3 Å². The molecule has 0 bridgehead atoms. The first-order valence-electron chi connectivity index (χ1n) is 8.82. The van der Waals surface area contributed by atoms with Crippen LogP contribution in [-0.4, -0.2) is 15.9 Å². The lowest BCUT2D eigenvalue weighted by molar-refractivity contribution is 0.0999.